The average Bonchev–Trinajstić information content (AvgIpc) is 3.59. The Balaban J connectivity index is 0.737. The van der Waals surface area contributed by atoms with E-state index in [4.69, 9.17) is 61.6 Å². The third-order valence-corrected chi connectivity index (χ3v) is 19.9. The van der Waals surface area contributed by atoms with Crippen molar-refractivity contribution in [2.24, 2.45) is 23.7 Å². The summed E-state index contributed by atoms with van der Waals surface area (Å²) in [6.45, 7) is 17.2. The topological polar surface area (TPSA) is 201 Å². The Bertz CT molecular complexity index is 2160. The van der Waals surface area contributed by atoms with Crippen molar-refractivity contribution >= 4 is 0 Å². The molecule has 424 valence electrons. The van der Waals surface area contributed by atoms with Crippen LogP contribution in [0, 0.1) is 23.7 Å². The molecule has 31 atom stereocenters. The number of allylic oxidation sites excluding steroid dienone is 1. The molecule has 0 aliphatic carbocycles. The van der Waals surface area contributed by atoms with E-state index >= 15 is 0 Å². The monoisotopic (exact) mass is 1070 g/mol. The highest BCUT2D eigenvalue weighted by Crippen LogP contribution is 2.52. The Morgan fingerprint density at radius 3 is 2.13 bits per heavy atom. The van der Waals surface area contributed by atoms with Crippen LogP contribution in [-0.2, 0) is 61.6 Å². The van der Waals surface area contributed by atoms with Crippen molar-refractivity contribution < 1.29 is 82.0 Å². The first kappa shape index (κ1) is 54.6. The molecule has 4 N–H and O–H groups in total. The molecule has 17 heteroatoms. The molecule has 12 aliphatic rings. The van der Waals surface area contributed by atoms with E-state index in [1.165, 1.54) is 0 Å². The molecule has 0 aromatic carbocycles. The maximum absolute atomic E-state index is 12.5. The smallest absolute Gasteiger partial charge is 0.174 e. The Labute approximate surface area is 448 Å². The van der Waals surface area contributed by atoms with Crippen LogP contribution < -0.4 is 0 Å². The van der Waals surface area contributed by atoms with Crippen LogP contribution in [0.3, 0.4) is 0 Å². The number of aliphatic hydroxyl groups excluding tert-OH is 4. The molecule has 12 aliphatic heterocycles. The number of aliphatic hydroxyl groups is 4. The van der Waals surface area contributed by atoms with Gasteiger partial charge in [-0.2, -0.15) is 0 Å². The molecule has 12 rings (SSSR count). The summed E-state index contributed by atoms with van der Waals surface area (Å²) < 4.78 is 88.6. The Morgan fingerprint density at radius 1 is 0.632 bits per heavy atom. The van der Waals surface area contributed by atoms with Crippen molar-refractivity contribution in [3.8, 4) is 0 Å². The highest BCUT2D eigenvalue weighted by molar-refractivity contribution is 5.15. The van der Waals surface area contributed by atoms with Crippen LogP contribution in [0.2, 0.25) is 0 Å². The van der Waals surface area contributed by atoms with Gasteiger partial charge in [-0.15, -0.1) is 6.58 Å². The lowest BCUT2D eigenvalue weighted by Gasteiger charge is -2.53. The minimum Gasteiger partial charge on any atom is -0.391 e. The van der Waals surface area contributed by atoms with Gasteiger partial charge in [0.05, 0.1) is 117 Å². The summed E-state index contributed by atoms with van der Waals surface area (Å²) in [5.41, 5.74) is -1.06. The zero-order valence-corrected chi connectivity index (χ0v) is 45.2. The lowest BCUT2D eigenvalue weighted by Crippen LogP contribution is -2.63. The van der Waals surface area contributed by atoms with Crippen molar-refractivity contribution in [2.75, 3.05) is 13.2 Å². The maximum Gasteiger partial charge on any atom is 0.174 e. The van der Waals surface area contributed by atoms with Crippen LogP contribution in [0.15, 0.2) is 61.3 Å². The molecule has 0 aromatic rings. The molecule has 17 nitrogen and oxygen atoms in total. The lowest BCUT2D eigenvalue weighted by molar-refractivity contribution is -0.339. The summed E-state index contributed by atoms with van der Waals surface area (Å²) in [5, 5.41) is 46.5. The van der Waals surface area contributed by atoms with Gasteiger partial charge in [-0.25, -0.2) is 0 Å². The molecule has 0 radical (unpaired) electrons. The van der Waals surface area contributed by atoms with Crippen LogP contribution in [-0.4, -0.2) is 198 Å². The minimum atomic E-state index is -1.06. The molecule has 0 amide bonds. The van der Waals surface area contributed by atoms with E-state index in [-0.39, 0.29) is 97.7 Å². The fourth-order valence-corrected chi connectivity index (χ4v) is 15.4. The molecular weight excluding hydrogens is 981 g/mol. The first-order valence-electron chi connectivity index (χ1n) is 29.1. The first-order chi connectivity index (χ1) is 36.6. The second-order valence-corrected chi connectivity index (χ2v) is 24.9. The van der Waals surface area contributed by atoms with Crippen molar-refractivity contribution in [1.82, 2.24) is 0 Å². The van der Waals surface area contributed by atoms with E-state index in [2.05, 4.69) is 45.6 Å². The molecule has 12 heterocycles. The number of hydrogen-bond donors (Lipinski definition) is 4. The van der Waals surface area contributed by atoms with Crippen molar-refractivity contribution in [3.05, 3.63) is 61.3 Å². The van der Waals surface area contributed by atoms with Crippen molar-refractivity contribution in [2.45, 2.75) is 270 Å². The predicted molar refractivity (Wildman–Crippen MR) is 274 cm³/mol. The molecule has 0 unspecified atom stereocenters. The number of rotatable bonds is 5. The Kier molecular flexibility index (Phi) is 15.9. The van der Waals surface area contributed by atoms with Gasteiger partial charge < -0.3 is 82.0 Å². The molecule has 0 bridgehead atoms. The van der Waals surface area contributed by atoms with Gasteiger partial charge in [-0.05, 0) is 57.8 Å². The fraction of sp³-hybridized carbons (Fsp3) is 0.831. The molecular formula is C59H86O17. The van der Waals surface area contributed by atoms with Crippen LogP contribution >= 0.6 is 0 Å². The van der Waals surface area contributed by atoms with E-state index in [1.54, 1.807) is 0 Å². The van der Waals surface area contributed by atoms with Gasteiger partial charge in [0, 0.05) is 43.9 Å². The molecule has 0 aromatic heterocycles. The highest BCUT2D eigenvalue weighted by atomic mass is 16.7. The Hall–Kier alpha value is -1.98. The fourth-order valence-electron chi connectivity index (χ4n) is 15.4. The quantitative estimate of drug-likeness (QED) is 0.271. The van der Waals surface area contributed by atoms with E-state index in [0.29, 0.717) is 58.0 Å². The normalized spacial score (nSPS) is 56.5. The highest BCUT2D eigenvalue weighted by Gasteiger charge is 2.63. The van der Waals surface area contributed by atoms with Gasteiger partial charge in [0.1, 0.15) is 54.4 Å². The predicted octanol–water partition coefficient (Wildman–Crippen LogP) is 4.88. The zero-order valence-electron chi connectivity index (χ0n) is 45.2. The van der Waals surface area contributed by atoms with E-state index in [1.807, 2.05) is 57.2 Å². The van der Waals surface area contributed by atoms with Gasteiger partial charge in [0.2, 0.25) is 0 Å². The SMILES string of the molecule is C=CC[C@@H]1O[C@@H]2C[C@@H]3O[C@@H]4C[C@@H]5O[C@@H]6[C@@H](C)[C@H](C)[C@@]7(C[C@H](O)CO7)O[C@H]6[C@@H](O)[C@H](C)[C@H]5O[C@H]4C[C@@H](C)C[C@H]3O[C@@]2(C)[C@H](O)C[C@H]1O[C@H]1/C=C\C[C@H]2O[C@H]3C[C@H]4O[C@H]5CC=CCO[C@@H]5[C@@H](O)[C@@H]4O[C@@H]3C=C[C@@H]2O[C@@H]1/C=C/C. The second kappa shape index (κ2) is 22.1. The summed E-state index contributed by atoms with van der Waals surface area (Å²) in [5.74, 6) is -1.19. The summed E-state index contributed by atoms with van der Waals surface area (Å²) in [4.78, 5) is 0. The molecule has 9 saturated heterocycles. The van der Waals surface area contributed by atoms with Gasteiger partial charge in [0.15, 0.2) is 5.79 Å². The van der Waals surface area contributed by atoms with E-state index < -0.39 is 103 Å². The van der Waals surface area contributed by atoms with Crippen molar-refractivity contribution in [3.63, 3.8) is 0 Å². The second-order valence-electron chi connectivity index (χ2n) is 24.9. The minimum absolute atomic E-state index is 0.0302. The summed E-state index contributed by atoms with van der Waals surface area (Å²) in [7, 11) is 0. The lowest BCUT2D eigenvalue weighted by atomic mass is 9.75. The molecule has 1 spiro atoms. The standard InChI is InChI=1S/C59H86O17/c1-8-13-34-36(16-12-17-37-38(66-34)18-19-39-42(67-37)23-48-56(72-39)52(63)55-40(69-48)15-10-11-20-64-55)68-44-25-49(61)58(7)50(71-35(44)14-9-2)26-45-46(75-58)22-29(3)21-41-43(70-45)24-47-53(73-41)31(5)51(62)57-54(74-47)30(4)32(6)59(76-57)27-33(60)28-65-59/h8-13,16,18-19,29-57,60-63H,2,14-15,17,20-28H2,1,3-7H3/b13-8+,16-12-/t29-,30+,31+,32+,33+,34-,35+,36+,37-,38+,39-,40+,41+,42+,43-,44-,45+,46-,47+,48-,49-,50-,51+,52-,53-,54-,55+,56-,57+,58+,59-/m1/s1. The summed E-state index contributed by atoms with van der Waals surface area (Å²) >= 11 is 0. The number of fused-ring (bicyclic) bond motifs is 9. The number of hydrogen-bond acceptors (Lipinski definition) is 17. The van der Waals surface area contributed by atoms with Gasteiger partial charge in [-0.3, -0.25) is 0 Å². The Morgan fingerprint density at radius 2 is 1.34 bits per heavy atom. The third kappa shape index (κ3) is 10.1. The van der Waals surface area contributed by atoms with Crippen LogP contribution in [0.5, 0.6) is 0 Å². The van der Waals surface area contributed by atoms with E-state index in [0.717, 1.165) is 6.42 Å². The van der Waals surface area contributed by atoms with Gasteiger partial charge in [-0.1, -0.05) is 82.4 Å². The molecule has 0 saturated carbocycles. The van der Waals surface area contributed by atoms with Gasteiger partial charge >= 0.3 is 0 Å². The largest absolute Gasteiger partial charge is 0.391 e. The van der Waals surface area contributed by atoms with Crippen LogP contribution in [0.1, 0.15) is 106 Å². The van der Waals surface area contributed by atoms with Gasteiger partial charge in [0.25, 0.3) is 0 Å². The van der Waals surface area contributed by atoms with E-state index in [9.17, 15) is 20.4 Å². The molecule has 76 heavy (non-hydrogen) atoms. The summed E-state index contributed by atoms with van der Waals surface area (Å²) in [6.07, 6.45) is 11.6. The average molecular weight is 1070 g/mol. The summed E-state index contributed by atoms with van der Waals surface area (Å²) in [6, 6.07) is 0. The van der Waals surface area contributed by atoms with Crippen LogP contribution in [0.25, 0.3) is 0 Å². The first-order valence-corrected chi connectivity index (χ1v) is 29.1. The maximum atomic E-state index is 12.5. The van der Waals surface area contributed by atoms with Crippen molar-refractivity contribution in [1.29, 1.82) is 0 Å². The van der Waals surface area contributed by atoms with Crippen LogP contribution in [0.4, 0.5) is 0 Å². The number of ether oxygens (including phenoxy) is 13. The zero-order chi connectivity index (χ0) is 52.8. The third-order valence-electron chi connectivity index (χ3n) is 19.9. The molecule has 9 fully saturated rings.